The molecule has 0 saturated heterocycles. The van der Waals surface area contributed by atoms with Crippen molar-refractivity contribution in [3.05, 3.63) is 41.6 Å². The molecule has 0 aliphatic heterocycles. The predicted molar refractivity (Wildman–Crippen MR) is 67.5 cm³/mol. The molecule has 0 unspecified atom stereocenters. The monoisotopic (exact) mass is 214 g/mol. The van der Waals surface area contributed by atoms with Crippen LogP contribution in [0.2, 0.25) is 0 Å². The number of rotatable bonds is 2. The highest BCUT2D eigenvalue weighted by Crippen LogP contribution is 2.25. The Morgan fingerprint density at radius 3 is 2.31 bits per heavy atom. The van der Waals surface area contributed by atoms with E-state index in [1.54, 1.807) is 0 Å². The maximum atomic E-state index is 4.66. The molecule has 0 radical (unpaired) electrons. The third-order valence-electron chi connectivity index (χ3n) is 2.84. The van der Waals surface area contributed by atoms with Crippen molar-refractivity contribution in [2.24, 2.45) is 0 Å². The van der Waals surface area contributed by atoms with Gasteiger partial charge in [-0.2, -0.15) is 5.10 Å². The van der Waals surface area contributed by atoms with E-state index in [1.165, 1.54) is 16.7 Å². The minimum absolute atomic E-state index is 0.413. The lowest BCUT2D eigenvalue weighted by Gasteiger charge is -2.05. The molecule has 0 amide bonds. The lowest BCUT2D eigenvalue weighted by molar-refractivity contribution is 0.533. The molecule has 0 atom stereocenters. The van der Waals surface area contributed by atoms with Crippen molar-refractivity contribution in [3.8, 4) is 11.3 Å². The number of hydrogen-bond donors (Lipinski definition) is 0. The van der Waals surface area contributed by atoms with E-state index >= 15 is 0 Å². The van der Waals surface area contributed by atoms with Gasteiger partial charge >= 0.3 is 0 Å². The summed E-state index contributed by atoms with van der Waals surface area (Å²) >= 11 is 0. The zero-order valence-corrected chi connectivity index (χ0v) is 10.4. The van der Waals surface area contributed by atoms with Gasteiger partial charge < -0.3 is 0 Å². The van der Waals surface area contributed by atoms with E-state index in [9.17, 15) is 0 Å². The van der Waals surface area contributed by atoms with Crippen LogP contribution in [0.25, 0.3) is 11.3 Å². The van der Waals surface area contributed by atoms with E-state index in [-0.39, 0.29) is 0 Å². The summed E-state index contributed by atoms with van der Waals surface area (Å²) in [5.41, 5.74) is 4.86. The van der Waals surface area contributed by atoms with Gasteiger partial charge in [0.05, 0.1) is 5.69 Å². The summed E-state index contributed by atoms with van der Waals surface area (Å²) in [5, 5.41) is 4.66. The zero-order chi connectivity index (χ0) is 11.7. The molecule has 0 aliphatic rings. The fourth-order valence-electron chi connectivity index (χ4n) is 1.85. The van der Waals surface area contributed by atoms with Gasteiger partial charge in [0, 0.05) is 17.8 Å². The van der Waals surface area contributed by atoms with Gasteiger partial charge in [-0.15, -0.1) is 0 Å². The van der Waals surface area contributed by atoms with Crippen molar-refractivity contribution in [2.45, 2.75) is 33.7 Å². The van der Waals surface area contributed by atoms with E-state index in [2.05, 4.69) is 63.3 Å². The second kappa shape index (κ2) is 4.12. The van der Waals surface area contributed by atoms with Gasteiger partial charge in [-0.25, -0.2) is 0 Å². The standard InChI is InChI=1S/C14H18N2/c1-10(2)16-9-12(4)14(15-16)13-8-6-5-7-11(13)3/h5-10H,1-4H3. The van der Waals surface area contributed by atoms with Gasteiger partial charge in [-0.3, -0.25) is 4.68 Å². The summed E-state index contributed by atoms with van der Waals surface area (Å²) in [7, 11) is 0. The fourth-order valence-corrected chi connectivity index (χ4v) is 1.85. The molecule has 2 nitrogen and oxygen atoms in total. The van der Waals surface area contributed by atoms with E-state index in [1.807, 2.05) is 4.68 Å². The van der Waals surface area contributed by atoms with Crippen LogP contribution in [0.5, 0.6) is 0 Å². The Balaban J connectivity index is 2.52. The van der Waals surface area contributed by atoms with Crippen molar-refractivity contribution in [1.29, 1.82) is 0 Å². The molecule has 1 aromatic carbocycles. The molecular formula is C14H18N2. The molecule has 0 N–H and O–H groups in total. The molecule has 1 aromatic heterocycles. The summed E-state index contributed by atoms with van der Waals surface area (Å²) in [6.45, 7) is 8.54. The van der Waals surface area contributed by atoms with Crippen molar-refractivity contribution >= 4 is 0 Å². The summed E-state index contributed by atoms with van der Waals surface area (Å²) in [4.78, 5) is 0. The van der Waals surface area contributed by atoms with Crippen LogP contribution in [0.15, 0.2) is 30.5 Å². The third kappa shape index (κ3) is 1.87. The number of aryl methyl sites for hydroxylation is 2. The van der Waals surface area contributed by atoms with Gasteiger partial charge in [0.25, 0.3) is 0 Å². The van der Waals surface area contributed by atoms with Gasteiger partial charge in [0.2, 0.25) is 0 Å². The number of nitrogens with zero attached hydrogens (tertiary/aromatic N) is 2. The highest BCUT2D eigenvalue weighted by atomic mass is 15.3. The first kappa shape index (κ1) is 10.9. The van der Waals surface area contributed by atoms with E-state index in [0.717, 1.165) is 5.69 Å². The Labute approximate surface area is 96.9 Å². The number of hydrogen-bond acceptors (Lipinski definition) is 1. The topological polar surface area (TPSA) is 17.8 Å². The van der Waals surface area contributed by atoms with Crippen LogP contribution >= 0.6 is 0 Å². The number of benzene rings is 1. The van der Waals surface area contributed by atoms with Crippen molar-refractivity contribution in [3.63, 3.8) is 0 Å². The Hall–Kier alpha value is -1.57. The van der Waals surface area contributed by atoms with Crippen LogP contribution in [0.1, 0.15) is 31.0 Å². The molecule has 2 rings (SSSR count). The summed E-state index contributed by atoms with van der Waals surface area (Å²) in [6, 6.07) is 8.80. The molecule has 0 fully saturated rings. The third-order valence-corrected chi connectivity index (χ3v) is 2.84. The predicted octanol–water partition coefficient (Wildman–Crippen LogP) is 3.75. The summed E-state index contributed by atoms with van der Waals surface area (Å²) in [5.74, 6) is 0. The average Bonchev–Trinajstić information content (AvgIpc) is 2.61. The van der Waals surface area contributed by atoms with Crippen molar-refractivity contribution < 1.29 is 0 Å². The Bertz CT molecular complexity index is 495. The first-order chi connectivity index (χ1) is 7.59. The molecule has 84 valence electrons. The molecule has 2 aromatic rings. The minimum atomic E-state index is 0.413. The summed E-state index contributed by atoms with van der Waals surface area (Å²) in [6.07, 6.45) is 2.12. The SMILES string of the molecule is Cc1ccccc1-c1nn(C(C)C)cc1C. The first-order valence-corrected chi connectivity index (χ1v) is 5.71. The lowest BCUT2D eigenvalue weighted by atomic mass is 10.0. The highest BCUT2D eigenvalue weighted by molar-refractivity contribution is 5.66. The van der Waals surface area contributed by atoms with Crippen LogP contribution in [0, 0.1) is 13.8 Å². The largest absolute Gasteiger partial charge is 0.269 e. The van der Waals surface area contributed by atoms with Crippen LogP contribution in [-0.2, 0) is 0 Å². The highest BCUT2D eigenvalue weighted by Gasteiger charge is 2.10. The Kier molecular flexibility index (Phi) is 2.82. The lowest BCUT2D eigenvalue weighted by Crippen LogP contribution is -2.00. The molecule has 0 saturated carbocycles. The van der Waals surface area contributed by atoms with Gasteiger partial charge in [0.1, 0.15) is 0 Å². The van der Waals surface area contributed by atoms with Gasteiger partial charge in [-0.05, 0) is 38.8 Å². The Morgan fingerprint density at radius 2 is 1.75 bits per heavy atom. The van der Waals surface area contributed by atoms with Crippen LogP contribution in [-0.4, -0.2) is 9.78 Å². The normalized spacial score (nSPS) is 11.1. The zero-order valence-electron chi connectivity index (χ0n) is 10.4. The number of aromatic nitrogens is 2. The minimum Gasteiger partial charge on any atom is -0.269 e. The molecule has 0 bridgehead atoms. The second-order valence-corrected chi connectivity index (χ2v) is 4.55. The molecule has 0 aliphatic carbocycles. The van der Waals surface area contributed by atoms with Crippen LogP contribution in [0.3, 0.4) is 0 Å². The van der Waals surface area contributed by atoms with E-state index < -0.39 is 0 Å². The smallest absolute Gasteiger partial charge is 0.0955 e. The molecular weight excluding hydrogens is 196 g/mol. The molecule has 1 heterocycles. The first-order valence-electron chi connectivity index (χ1n) is 5.71. The average molecular weight is 214 g/mol. The molecule has 2 heteroatoms. The quantitative estimate of drug-likeness (QED) is 0.744. The fraction of sp³-hybridized carbons (Fsp3) is 0.357. The van der Waals surface area contributed by atoms with Gasteiger partial charge in [0.15, 0.2) is 0 Å². The van der Waals surface area contributed by atoms with Crippen molar-refractivity contribution in [2.75, 3.05) is 0 Å². The molecule has 16 heavy (non-hydrogen) atoms. The second-order valence-electron chi connectivity index (χ2n) is 4.55. The van der Waals surface area contributed by atoms with E-state index in [0.29, 0.717) is 6.04 Å². The van der Waals surface area contributed by atoms with E-state index in [4.69, 9.17) is 0 Å². The maximum absolute atomic E-state index is 4.66. The van der Waals surface area contributed by atoms with Crippen LogP contribution < -0.4 is 0 Å². The van der Waals surface area contributed by atoms with Crippen LogP contribution in [0.4, 0.5) is 0 Å². The molecule has 0 spiro atoms. The maximum Gasteiger partial charge on any atom is 0.0955 e. The Morgan fingerprint density at radius 1 is 1.06 bits per heavy atom. The van der Waals surface area contributed by atoms with Crippen molar-refractivity contribution in [1.82, 2.24) is 9.78 Å². The van der Waals surface area contributed by atoms with Gasteiger partial charge in [-0.1, -0.05) is 24.3 Å². The summed E-state index contributed by atoms with van der Waals surface area (Å²) < 4.78 is 2.02.